The lowest BCUT2D eigenvalue weighted by Gasteiger charge is -2.46. The summed E-state index contributed by atoms with van der Waals surface area (Å²) < 4.78 is 85.4. The number of aliphatic hydroxyl groups is 1. The Kier molecular flexibility index (Phi) is 9.41. The third kappa shape index (κ3) is 7.81. The Morgan fingerprint density at radius 1 is 1.17 bits per heavy atom. The number of β-amino-alcohol motifs (C(OH)–C–C–N with tert-alkyl or cyclic N) is 1. The lowest BCUT2D eigenvalue weighted by molar-refractivity contribution is -0.143. The number of nitrogens with one attached hydrogen (secondary N) is 1. The molecule has 1 fully saturated rings. The molecule has 202 valence electrons. The number of ether oxygens (including phenoxy) is 1. The van der Waals surface area contributed by atoms with Crippen LogP contribution in [0.2, 0.25) is 0 Å². The zero-order valence-corrected chi connectivity index (χ0v) is 20.4. The van der Waals surface area contributed by atoms with Gasteiger partial charge in [-0.2, -0.15) is 26.3 Å². The molecule has 1 aliphatic heterocycles. The van der Waals surface area contributed by atoms with Gasteiger partial charge in [0.2, 0.25) is 5.91 Å². The van der Waals surface area contributed by atoms with Crippen LogP contribution in [0, 0.1) is 0 Å². The van der Waals surface area contributed by atoms with E-state index in [1.807, 2.05) is 19.9 Å². The molecule has 1 aromatic rings. The number of primary amides is 1. The van der Waals surface area contributed by atoms with E-state index in [2.05, 4.69) is 5.32 Å². The number of allylic oxidation sites excluding steroid dienone is 3. The van der Waals surface area contributed by atoms with Crippen LogP contribution >= 0.6 is 0 Å². The summed E-state index contributed by atoms with van der Waals surface area (Å²) >= 11 is 0. The van der Waals surface area contributed by atoms with Crippen molar-refractivity contribution in [2.75, 3.05) is 13.2 Å². The van der Waals surface area contributed by atoms with Crippen molar-refractivity contribution >= 4 is 5.91 Å². The van der Waals surface area contributed by atoms with Gasteiger partial charge in [-0.15, -0.1) is 0 Å². The van der Waals surface area contributed by atoms with E-state index in [9.17, 15) is 36.2 Å². The zero-order valence-electron chi connectivity index (χ0n) is 20.4. The summed E-state index contributed by atoms with van der Waals surface area (Å²) in [6.45, 7) is 5.05. The van der Waals surface area contributed by atoms with Crippen molar-refractivity contribution in [1.29, 1.82) is 0 Å². The van der Waals surface area contributed by atoms with Gasteiger partial charge < -0.3 is 20.9 Å². The van der Waals surface area contributed by atoms with E-state index < -0.39 is 46.6 Å². The second kappa shape index (κ2) is 11.4. The molecule has 1 aromatic carbocycles. The molecule has 1 aliphatic rings. The van der Waals surface area contributed by atoms with Gasteiger partial charge in [-0.3, -0.25) is 4.79 Å². The maximum atomic E-state index is 13.3. The van der Waals surface area contributed by atoms with E-state index in [-0.39, 0.29) is 44.0 Å². The number of benzene rings is 1. The number of piperidine rings is 1. The molecular weight excluding hydrogens is 490 g/mol. The highest BCUT2D eigenvalue weighted by atomic mass is 19.4. The molecule has 11 heteroatoms. The first-order valence-electron chi connectivity index (χ1n) is 11.5. The molecule has 1 heterocycles. The monoisotopic (exact) mass is 522 g/mol. The minimum absolute atomic E-state index is 0.00317. The van der Waals surface area contributed by atoms with Gasteiger partial charge in [0.15, 0.2) is 0 Å². The summed E-state index contributed by atoms with van der Waals surface area (Å²) in [7, 11) is 0. The van der Waals surface area contributed by atoms with E-state index in [4.69, 9.17) is 10.5 Å². The first kappa shape index (κ1) is 29.9. The number of alkyl halides is 6. The summed E-state index contributed by atoms with van der Waals surface area (Å²) in [6.07, 6.45) is -4.79. The number of hydrogen-bond acceptors (Lipinski definition) is 4. The number of carbonyl (C=O) groups excluding carboxylic acids is 1. The Hall–Kier alpha value is -2.37. The van der Waals surface area contributed by atoms with Crippen LogP contribution in [0.15, 0.2) is 42.0 Å². The molecule has 36 heavy (non-hydrogen) atoms. The van der Waals surface area contributed by atoms with Gasteiger partial charge in [0.05, 0.1) is 35.0 Å². The lowest BCUT2D eigenvalue weighted by Crippen LogP contribution is -2.61. The highest BCUT2D eigenvalue weighted by Crippen LogP contribution is 2.39. The summed E-state index contributed by atoms with van der Waals surface area (Å²) in [5.41, 5.74) is 0.914. The zero-order chi connectivity index (χ0) is 27.4. The lowest BCUT2D eigenvalue weighted by atomic mass is 9.76. The first-order chi connectivity index (χ1) is 16.5. The van der Waals surface area contributed by atoms with Crippen molar-refractivity contribution in [3.05, 3.63) is 58.7 Å². The third-order valence-electron chi connectivity index (χ3n) is 6.56. The molecule has 1 saturated heterocycles. The van der Waals surface area contributed by atoms with E-state index in [1.165, 1.54) is 6.92 Å². The average Bonchev–Trinajstić information content (AvgIpc) is 2.79. The van der Waals surface area contributed by atoms with Gasteiger partial charge in [-0.05, 0) is 63.8 Å². The molecule has 0 aromatic heterocycles. The molecular formula is C25H32F6N2O3. The van der Waals surface area contributed by atoms with E-state index in [0.29, 0.717) is 18.6 Å². The summed E-state index contributed by atoms with van der Waals surface area (Å²) in [6, 6.07) is 1.40. The van der Waals surface area contributed by atoms with Crippen molar-refractivity contribution in [2.24, 2.45) is 5.73 Å². The fraction of sp³-hybridized carbons (Fsp3) is 0.560. The maximum Gasteiger partial charge on any atom is 0.416 e. The van der Waals surface area contributed by atoms with Gasteiger partial charge in [0.25, 0.3) is 0 Å². The van der Waals surface area contributed by atoms with E-state index in [1.54, 1.807) is 12.2 Å². The van der Waals surface area contributed by atoms with Crippen LogP contribution in [0.4, 0.5) is 26.3 Å². The van der Waals surface area contributed by atoms with Crippen molar-refractivity contribution in [3.8, 4) is 0 Å². The number of amides is 1. The van der Waals surface area contributed by atoms with Crippen LogP contribution in [0.3, 0.4) is 0 Å². The topological polar surface area (TPSA) is 84.6 Å². The molecule has 1 amide bonds. The second-order valence-corrected chi connectivity index (χ2v) is 9.29. The van der Waals surface area contributed by atoms with Crippen LogP contribution in [0.5, 0.6) is 0 Å². The molecule has 5 nitrogen and oxygen atoms in total. The van der Waals surface area contributed by atoms with E-state index >= 15 is 0 Å². The number of hydrogen-bond donors (Lipinski definition) is 3. The second-order valence-electron chi connectivity index (χ2n) is 9.29. The first-order valence-corrected chi connectivity index (χ1v) is 11.5. The highest BCUT2D eigenvalue weighted by Gasteiger charge is 2.43. The Bertz CT molecular complexity index is 945. The summed E-state index contributed by atoms with van der Waals surface area (Å²) in [5, 5.41) is 14.1. The average molecular weight is 523 g/mol. The highest BCUT2D eigenvalue weighted by molar-refractivity contribution is 5.73. The van der Waals surface area contributed by atoms with Gasteiger partial charge in [0, 0.05) is 13.0 Å². The van der Waals surface area contributed by atoms with Crippen LogP contribution in [-0.4, -0.2) is 35.3 Å². The molecule has 0 bridgehead atoms. The van der Waals surface area contributed by atoms with Crippen LogP contribution in [0.1, 0.15) is 69.2 Å². The molecule has 0 radical (unpaired) electrons. The van der Waals surface area contributed by atoms with Gasteiger partial charge in [-0.1, -0.05) is 23.8 Å². The fourth-order valence-electron chi connectivity index (χ4n) is 4.08. The Labute approximate surface area is 206 Å². The number of nitrogens with two attached hydrogens (primary N) is 1. The molecule has 0 spiro atoms. The molecule has 2 rings (SSSR count). The minimum atomic E-state index is -4.96. The number of carbonyl (C=O) groups is 1. The van der Waals surface area contributed by atoms with Crippen molar-refractivity contribution in [2.45, 2.75) is 76.1 Å². The maximum absolute atomic E-state index is 13.3. The van der Waals surface area contributed by atoms with Crippen LogP contribution < -0.4 is 11.1 Å². The molecule has 4 N–H and O–H groups in total. The SMILES string of the molecule is C/C=C\C=C(/C)[C@]1(CO[C@H](C)c2cc(C(F)(F)F)cc(C(F)(F)F)c2)CCC(O)(CCC(N)=O)CN1. The van der Waals surface area contributed by atoms with Crippen LogP contribution in [-0.2, 0) is 21.9 Å². The van der Waals surface area contributed by atoms with Gasteiger partial charge in [0.1, 0.15) is 0 Å². The van der Waals surface area contributed by atoms with Gasteiger partial charge >= 0.3 is 12.4 Å². The van der Waals surface area contributed by atoms with Gasteiger partial charge in [-0.25, -0.2) is 0 Å². The van der Waals surface area contributed by atoms with Crippen molar-refractivity contribution in [3.63, 3.8) is 0 Å². The Balaban J connectivity index is 2.30. The quantitative estimate of drug-likeness (QED) is 0.298. The van der Waals surface area contributed by atoms with Crippen LogP contribution in [0.25, 0.3) is 0 Å². The normalized spacial score (nSPS) is 24.8. The largest absolute Gasteiger partial charge is 0.416 e. The summed E-state index contributed by atoms with van der Waals surface area (Å²) in [4.78, 5) is 11.1. The third-order valence-corrected chi connectivity index (χ3v) is 6.56. The number of rotatable bonds is 9. The summed E-state index contributed by atoms with van der Waals surface area (Å²) in [5.74, 6) is -0.541. The molecule has 0 aliphatic carbocycles. The predicted octanol–water partition coefficient (Wildman–Crippen LogP) is 5.44. The Morgan fingerprint density at radius 3 is 2.19 bits per heavy atom. The molecule has 0 saturated carbocycles. The Morgan fingerprint density at radius 2 is 1.75 bits per heavy atom. The minimum Gasteiger partial charge on any atom is -0.389 e. The smallest absolute Gasteiger partial charge is 0.389 e. The van der Waals surface area contributed by atoms with Crippen molar-refractivity contribution in [1.82, 2.24) is 5.32 Å². The predicted molar refractivity (Wildman–Crippen MR) is 123 cm³/mol. The molecule has 1 unspecified atom stereocenters. The molecule has 3 atom stereocenters. The number of halogens is 6. The van der Waals surface area contributed by atoms with Crippen molar-refractivity contribution < 1.29 is 41.0 Å². The standard InChI is InChI=1S/C25H32F6N2O3/c1-4-5-6-16(2)23(10-9-22(35,14-33-23)8-7-21(32)34)15-36-17(3)18-11-19(24(26,27)28)13-20(12-18)25(29,30)31/h4-6,11-13,17,33,35H,7-10,14-15H2,1-3H3,(H2,32,34)/b5-4-,16-6+/t17-,22?,23-/m1/s1. The fourth-order valence-corrected chi connectivity index (χ4v) is 4.08. The van der Waals surface area contributed by atoms with E-state index in [0.717, 1.165) is 5.57 Å².